The van der Waals surface area contributed by atoms with E-state index in [2.05, 4.69) is 5.10 Å². The Morgan fingerprint density at radius 3 is 2.61 bits per heavy atom. The molecule has 8 nitrogen and oxygen atoms in total. The zero-order valence-electron chi connectivity index (χ0n) is 13.3. The first-order valence-electron chi connectivity index (χ1n) is 7.80. The van der Waals surface area contributed by atoms with Crippen molar-refractivity contribution in [1.82, 2.24) is 5.43 Å². The molecule has 0 aliphatic heterocycles. The summed E-state index contributed by atoms with van der Waals surface area (Å²) in [6.45, 7) is 2.16. The van der Waals surface area contributed by atoms with Crippen LogP contribution in [0.4, 0.5) is 4.79 Å². The number of hydrogen-bond acceptors (Lipinski definition) is 6. The van der Waals surface area contributed by atoms with Crippen LogP contribution in [-0.2, 0) is 19.1 Å². The van der Waals surface area contributed by atoms with Gasteiger partial charge in [0.15, 0.2) is 5.78 Å². The predicted molar refractivity (Wildman–Crippen MR) is 82.6 cm³/mol. The molecule has 128 valence electrons. The Bertz CT molecular complexity index is 501. The highest BCUT2D eigenvalue weighted by atomic mass is 16.5. The van der Waals surface area contributed by atoms with E-state index in [1.54, 1.807) is 6.92 Å². The van der Waals surface area contributed by atoms with Crippen molar-refractivity contribution >= 4 is 29.3 Å². The number of nitrogens with one attached hydrogen (secondary N) is 1. The van der Waals surface area contributed by atoms with Gasteiger partial charge in [-0.2, -0.15) is 5.10 Å². The first-order valence-corrected chi connectivity index (χ1v) is 7.80. The summed E-state index contributed by atoms with van der Waals surface area (Å²) in [6.07, 6.45) is 3.94. The van der Waals surface area contributed by atoms with Gasteiger partial charge in [-0.05, 0) is 19.8 Å². The Kier molecular flexibility index (Phi) is 7.93. The van der Waals surface area contributed by atoms with Gasteiger partial charge in [-0.1, -0.05) is 19.3 Å². The summed E-state index contributed by atoms with van der Waals surface area (Å²) in [7, 11) is 0. The number of carbonyl (C=O) groups excluding carboxylic acids is 4. The maximum absolute atomic E-state index is 12.0. The normalized spacial score (nSPS) is 19.2. The van der Waals surface area contributed by atoms with Crippen molar-refractivity contribution in [2.75, 3.05) is 6.61 Å². The van der Waals surface area contributed by atoms with Crippen molar-refractivity contribution in [2.24, 2.45) is 16.8 Å². The number of hydrazone groups is 1. The lowest BCUT2D eigenvalue weighted by Gasteiger charge is -2.06. The van der Waals surface area contributed by atoms with Crippen molar-refractivity contribution < 1.29 is 23.9 Å². The van der Waals surface area contributed by atoms with Crippen molar-refractivity contribution in [2.45, 2.75) is 51.9 Å². The molecule has 1 unspecified atom stereocenters. The molecule has 23 heavy (non-hydrogen) atoms. The number of hydrogen-bond donors (Lipinski definition) is 2. The molecule has 1 aliphatic carbocycles. The minimum atomic E-state index is -0.872. The van der Waals surface area contributed by atoms with Crippen molar-refractivity contribution in [3.05, 3.63) is 0 Å². The van der Waals surface area contributed by atoms with Gasteiger partial charge in [-0.15, -0.1) is 0 Å². The van der Waals surface area contributed by atoms with Gasteiger partial charge in [0.2, 0.25) is 0 Å². The van der Waals surface area contributed by atoms with Crippen LogP contribution in [0.25, 0.3) is 0 Å². The van der Waals surface area contributed by atoms with Gasteiger partial charge in [-0.3, -0.25) is 14.4 Å². The van der Waals surface area contributed by atoms with Gasteiger partial charge in [-0.25, -0.2) is 10.2 Å². The molecule has 0 aromatic heterocycles. The zero-order valence-corrected chi connectivity index (χ0v) is 13.3. The molecule has 0 radical (unpaired) electrons. The Morgan fingerprint density at radius 1 is 1.26 bits per heavy atom. The number of rotatable bonds is 9. The second kappa shape index (κ2) is 9.70. The van der Waals surface area contributed by atoms with Crippen molar-refractivity contribution in [1.29, 1.82) is 0 Å². The lowest BCUT2D eigenvalue weighted by Crippen LogP contribution is -2.27. The van der Waals surface area contributed by atoms with E-state index < -0.39 is 11.9 Å². The number of ketones is 2. The van der Waals surface area contributed by atoms with Crippen LogP contribution in [-0.4, -0.2) is 35.9 Å². The Balaban J connectivity index is 2.26. The fourth-order valence-electron chi connectivity index (χ4n) is 2.44. The number of nitrogens with zero attached hydrogens (tertiary/aromatic N) is 1. The number of esters is 1. The molecule has 2 amide bonds. The summed E-state index contributed by atoms with van der Waals surface area (Å²) in [5.74, 6) is -1.38. The summed E-state index contributed by atoms with van der Waals surface area (Å²) >= 11 is 0. The van der Waals surface area contributed by atoms with E-state index in [0.717, 1.165) is 25.7 Å². The third-order valence-corrected chi connectivity index (χ3v) is 3.56. The van der Waals surface area contributed by atoms with Crippen molar-refractivity contribution in [3.8, 4) is 0 Å². The molecule has 1 saturated carbocycles. The molecule has 8 heteroatoms. The highest BCUT2D eigenvalue weighted by molar-refractivity contribution is 6.51. The Labute approximate surface area is 134 Å². The first kappa shape index (κ1) is 18.8. The molecule has 1 rings (SSSR count). The van der Waals surface area contributed by atoms with Crippen LogP contribution in [0.2, 0.25) is 0 Å². The summed E-state index contributed by atoms with van der Waals surface area (Å²) in [5.41, 5.74) is 6.90. The average Bonchev–Trinajstić information content (AvgIpc) is 2.75. The quantitative estimate of drug-likeness (QED) is 0.284. The van der Waals surface area contributed by atoms with E-state index in [9.17, 15) is 19.2 Å². The number of unbranched alkanes of at least 4 members (excludes halogenated alkanes) is 3. The lowest BCUT2D eigenvalue weighted by molar-refractivity contribution is -0.143. The van der Waals surface area contributed by atoms with Crippen molar-refractivity contribution in [3.63, 3.8) is 0 Å². The van der Waals surface area contributed by atoms with E-state index in [0.29, 0.717) is 19.4 Å². The van der Waals surface area contributed by atoms with Crippen LogP contribution in [0.3, 0.4) is 0 Å². The number of carbonyl (C=O) groups is 4. The zero-order chi connectivity index (χ0) is 17.2. The van der Waals surface area contributed by atoms with Gasteiger partial charge < -0.3 is 10.5 Å². The van der Waals surface area contributed by atoms with Gasteiger partial charge in [0.25, 0.3) is 0 Å². The van der Waals surface area contributed by atoms with Gasteiger partial charge in [0, 0.05) is 6.42 Å². The van der Waals surface area contributed by atoms with Gasteiger partial charge in [0.05, 0.1) is 18.9 Å². The molecular formula is C15H23N3O5. The maximum atomic E-state index is 12.0. The molecule has 3 N–H and O–H groups in total. The molecule has 1 aliphatic rings. The van der Waals surface area contributed by atoms with Crippen LogP contribution in [0.15, 0.2) is 5.10 Å². The summed E-state index contributed by atoms with van der Waals surface area (Å²) in [5, 5.41) is 3.57. The third kappa shape index (κ3) is 6.58. The molecule has 0 saturated heterocycles. The fraction of sp³-hybridized carbons (Fsp3) is 0.667. The average molecular weight is 325 g/mol. The summed E-state index contributed by atoms with van der Waals surface area (Å²) < 4.78 is 4.83. The summed E-state index contributed by atoms with van der Waals surface area (Å²) in [4.78, 5) is 45.5. The molecule has 0 aromatic carbocycles. The van der Waals surface area contributed by atoms with Crippen LogP contribution in [0, 0.1) is 5.92 Å². The van der Waals surface area contributed by atoms with Crippen LogP contribution < -0.4 is 11.2 Å². The second-order valence-corrected chi connectivity index (χ2v) is 5.35. The SMILES string of the molecule is CCOC(=O)CCCCCCC1C(=O)CC(=NNC(N)=O)C1=O. The third-order valence-electron chi connectivity index (χ3n) is 3.56. The molecule has 0 spiro atoms. The predicted octanol–water partition coefficient (Wildman–Crippen LogP) is 1.07. The first-order chi connectivity index (χ1) is 11.0. The van der Waals surface area contributed by atoms with E-state index >= 15 is 0 Å². The number of ether oxygens (including phenoxy) is 1. The summed E-state index contributed by atoms with van der Waals surface area (Å²) in [6, 6.07) is -0.872. The van der Waals surface area contributed by atoms with Gasteiger partial charge in [0.1, 0.15) is 11.5 Å². The van der Waals surface area contributed by atoms with Crippen LogP contribution in [0.1, 0.15) is 51.9 Å². The molecule has 0 aromatic rings. The highest BCUT2D eigenvalue weighted by Crippen LogP contribution is 2.22. The van der Waals surface area contributed by atoms with E-state index in [4.69, 9.17) is 10.5 Å². The topological polar surface area (TPSA) is 128 Å². The van der Waals surface area contributed by atoms with E-state index in [1.807, 2.05) is 5.43 Å². The molecule has 0 bridgehead atoms. The minimum absolute atomic E-state index is 0.0566. The van der Waals surface area contributed by atoms with E-state index in [1.165, 1.54) is 0 Å². The van der Waals surface area contributed by atoms with Crippen LogP contribution in [0.5, 0.6) is 0 Å². The monoisotopic (exact) mass is 325 g/mol. The second-order valence-electron chi connectivity index (χ2n) is 5.35. The number of urea groups is 1. The number of Topliss-reactive ketones (excluding diaryl/α,β-unsaturated/α-hetero) is 2. The molecule has 0 heterocycles. The highest BCUT2D eigenvalue weighted by Gasteiger charge is 2.37. The largest absolute Gasteiger partial charge is 0.466 e. The lowest BCUT2D eigenvalue weighted by atomic mass is 9.97. The molecular weight excluding hydrogens is 302 g/mol. The van der Waals surface area contributed by atoms with Crippen LogP contribution >= 0.6 is 0 Å². The molecule has 1 atom stereocenters. The Morgan fingerprint density at radius 2 is 1.96 bits per heavy atom. The number of nitrogens with two attached hydrogens (primary N) is 1. The molecule has 1 fully saturated rings. The van der Waals surface area contributed by atoms with Gasteiger partial charge >= 0.3 is 12.0 Å². The minimum Gasteiger partial charge on any atom is -0.466 e. The maximum Gasteiger partial charge on any atom is 0.332 e. The number of primary amides is 1. The Hall–Kier alpha value is -2.25. The number of amides is 2. The van der Waals surface area contributed by atoms with E-state index in [-0.39, 0.29) is 29.7 Å². The smallest absolute Gasteiger partial charge is 0.332 e. The standard InChI is InChI=1S/C15H23N3O5/c1-2-23-13(20)8-6-4-3-5-7-10-12(19)9-11(14(10)21)17-18-15(16)22/h10H,2-9H2,1H3,(H3,16,18,22). The fourth-order valence-corrected chi connectivity index (χ4v) is 2.44.